The summed E-state index contributed by atoms with van der Waals surface area (Å²) in [7, 11) is 0. The van der Waals surface area contributed by atoms with E-state index < -0.39 is 18.1 Å². The summed E-state index contributed by atoms with van der Waals surface area (Å²) >= 11 is 12.7. The highest BCUT2D eigenvalue weighted by Gasteiger charge is 2.36. The van der Waals surface area contributed by atoms with Gasteiger partial charge < -0.3 is 15.2 Å². The largest absolute Gasteiger partial charge is 0.471 e. The number of halogens is 2. The van der Waals surface area contributed by atoms with E-state index in [1.165, 1.54) is 0 Å². The van der Waals surface area contributed by atoms with Gasteiger partial charge in [0, 0.05) is 28.1 Å². The van der Waals surface area contributed by atoms with Crippen LogP contribution in [-0.2, 0) is 4.79 Å². The molecule has 2 N–H and O–H groups in total. The maximum atomic E-state index is 12.0. The molecule has 5 nitrogen and oxygen atoms in total. The van der Waals surface area contributed by atoms with Crippen molar-refractivity contribution < 1.29 is 14.6 Å². The number of benzene rings is 2. The van der Waals surface area contributed by atoms with Gasteiger partial charge in [-0.2, -0.15) is 0 Å². The Balaban J connectivity index is 1.95. The second-order valence-electron chi connectivity index (χ2n) is 8.61. The molecule has 1 aliphatic heterocycles. The zero-order valence-corrected chi connectivity index (χ0v) is 19.6. The highest BCUT2D eigenvalue weighted by atomic mass is 35.5. The average molecular weight is 471 g/mol. The van der Waals surface area contributed by atoms with E-state index in [0.29, 0.717) is 28.0 Å². The molecule has 0 saturated heterocycles. The van der Waals surface area contributed by atoms with Crippen LogP contribution in [0.4, 0.5) is 0 Å². The number of nitrogens with zero attached hydrogens (tertiary/aromatic N) is 1. The summed E-state index contributed by atoms with van der Waals surface area (Å²) in [5, 5.41) is 13.2. The van der Waals surface area contributed by atoms with Crippen molar-refractivity contribution in [2.45, 2.75) is 38.8 Å². The van der Waals surface area contributed by atoms with Gasteiger partial charge in [0.1, 0.15) is 12.2 Å². The maximum absolute atomic E-state index is 12.0. The average Bonchev–Trinajstić information content (AvgIpc) is 2.73. The molecule has 0 fully saturated rings. The molecular weight excluding hydrogens is 447 g/mol. The van der Waals surface area contributed by atoms with Crippen LogP contribution in [0.3, 0.4) is 0 Å². The third-order valence-corrected chi connectivity index (χ3v) is 6.03. The number of aliphatic hydroxyl groups is 1. The Kier molecular flexibility index (Phi) is 6.17. The summed E-state index contributed by atoms with van der Waals surface area (Å²) in [6.07, 6.45) is 0.543. The molecule has 0 aliphatic carbocycles. The van der Waals surface area contributed by atoms with Gasteiger partial charge in [-0.15, -0.1) is 0 Å². The summed E-state index contributed by atoms with van der Waals surface area (Å²) < 4.78 is 6.21. The van der Waals surface area contributed by atoms with E-state index >= 15 is 0 Å². The number of aliphatic hydroxyl groups excluding tert-OH is 1. The first-order valence-electron chi connectivity index (χ1n) is 10.3. The number of aromatic nitrogens is 1. The lowest BCUT2D eigenvalue weighted by atomic mass is 9.88. The van der Waals surface area contributed by atoms with Crippen molar-refractivity contribution in [1.29, 1.82) is 0 Å². The third-order valence-electron chi connectivity index (χ3n) is 5.49. The molecule has 7 heteroatoms. The zero-order valence-electron chi connectivity index (χ0n) is 18.1. The first-order valence-corrected chi connectivity index (χ1v) is 11.1. The molecule has 1 aliphatic rings. The van der Waals surface area contributed by atoms with E-state index in [1.807, 2.05) is 57.2 Å². The lowest BCUT2D eigenvalue weighted by Gasteiger charge is -2.37. The minimum Gasteiger partial charge on any atom is -0.471 e. The summed E-state index contributed by atoms with van der Waals surface area (Å²) in [5.41, 5.74) is 4.57. The second kappa shape index (κ2) is 8.74. The number of hydrogen-bond donors (Lipinski definition) is 2. The van der Waals surface area contributed by atoms with Gasteiger partial charge in [0.15, 0.2) is 0 Å². The lowest BCUT2D eigenvalue weighted by molar-refractivity contribution is -0.125. The molecule has 1 aromatic heterocycles. The number of carbonyl (C=O) groups is 1. The summed E-state index contributed by atoms with van der Waals surface area (Å²) in [6.45, 7) is 5.34. The van der Waals surface area contributed by atoms with E-state index in [0.717, 1.165) is 27.8 Å². The fourth-order valence-corrected chi connectivity index (χ4v) is 4.45. The minimum absolute atomic E-state index is 0.347. The number of fused-ring (bicyclic) bond motifs is 1. The van der Waals surface area contributed by atoms with Crippen LogP contribution in [-0.4, -0.2) is 28.2 Å². The molecule has 1 amide bonds. The normalized spacial score (nSPS) is 16.8. The van der Waals surface area contributed by atoms with Crippen LogP contribution in [0.1, 0.15) is 37.4 Å². The van der Waals surface area contributed by atoms with Crippen LogP contribution in [0.25, 0.3) is 22.4 Å². The van der Waals surface area contributed by atoms with Crippen molar-refractivity contribution in [3.63, 3.8) is 0 Å². The fraction of sp³-hybridized carbons (Fsp3) is 0.280. The minimum atomic E-state index is -0.580. The van der Waals surface area contributed by atoms with Crippen molar-refractivity contribution in [3.8, 4) is 28.3 Å². The van der Waals surface area contributed by atoms with Gasteiger partial charge >= 0.3 is 0 Å². The number of amides is 1. The predicted molar refractivity (Wildman–Crippen MR) is 127 cm³/mol. The van der Waals surface area contributed by atoms with Gasteiger partial charge in [0.25, 0.3) is 0 Å². The van der Waals surface area contributed by atoms with Crippen LogP contribution < -0.4 is 10.1 Å². The van der Waals surface area contributed by atoms with Crippen molar-refractivity contribution in [3.05, 3.63) is 69.7 Å². The fourth-order valence-electron chi connectivity index (χ4n) is 3.96. The van der Waals surface area contributed by atoms with Gasteiger partial charge in [-0.3, -0.25) is 4.79 Å². The standard InChI is InChI=1S/C25H24Cl2N2O3/c1-14-4-6-15(7-5-14)18-11-19-21(28-22(31)13-30)12-25(2,3)32-24(19)29-23(18)17-9-8-16(26)10-20(17)27/h4-11,21,30H,12-13H2,1-3H3,(H,28,31). The monoisotopic (exact) mass is 470 g/mol. The number of ether oxygens (including phenoxy) is 1. The third kappa shape index (κ3) is 4.60. The van der Waals surface area contributed by atoms with Crippen LogP contribution in [0.2, 0.25) is 10.0 Å². The predicted octanol–water partition coefficient (Wildman–Crippen LogP) is 5.74. The second-order valence-corrected chi connectivity index (χ2v) is 9.46. The van der Waals surface area contributed by atoms with E-state index in [-0.39, 0.29) is 6.04 Å². The van der Waals surface area contributed by atoms with Crippen LogP contribution in [0, 0.1) is 6.92 Å². The number of carbonyl (C=O) groups excluding carboxylic acids is 1. The van der Waals surface area contributed by atoms with Crippen LogP contribution >= 0.6 is 23.2 Å². The summed E-state index contributed by atoms with van der Waals surface area (Å²) in [6, 6.07) is 15.1. The summed E-state index contributed by atoms with van der Waals surface area (Å²) in [4.78, 5) is 16.9. The molecule has 1 atom stereocenters. The molecule has 3 aromatic rings. The Morgan fingerprint density at radius 1 is 1.16 bits per heavy atom. The number of aryl methyl sites for hydroxylation is 1. The van der Waals surface area contributed by atoms with E-state index in [4.69, 9.17) is 32.9 Å². The van der Waals surface area contributed by atoms with E-state index in [1.54, 1.807) is 12.1 Å². The first kappa shape index (κ1) is 22.6. The van der Waals surface area contributed by atoms with Crippen molar-refractivity contribution in [1.82, 2.24) is 10.3 Å². The molecule has 32 heavy (non-hydrogen) atoms. The number of pyridine rings is 1. The van der Waals surface area contributed by atoms with E-state index in [9.17, 15) is 9.90 Å². The molecule has 4 rings (SSSR count). The van der Waals surface area contributed by atoms with Crippen molar-refractivity contribution in [2.24, 2.45) is 0 Å². The zero-order chi connectivity index (χ0) is 23.0. The van der Waals surface area contributed by atoms with Gasteiger partial charge in [-0.25, -0.2) is 4.98 Å². The maximum Gasteiger partial charge on any atom is 0.246 e. The number of hydrogen-bond acceptors (Lipinski definition) is 4. The lowest BCUT2D eigenvalue weighted by Crippen LogP contribution is -2.42. The van der Waals surface area contributed by atoms with E-state index in [2.05, 4.69) is 5.32 Å². The van der Waals surface area contributed by atoms with Crippen LogP contribution in [0.5, 0.6) is 5.88 Å². The molecular formula is C25H24Cl2N2O3. The number of rotatable bonds is 4. The number of nitrogens with one attached hydrogen (secondary N) is 1. The van der Waals surface area contributed by atoms with Crippen molar-refractivity contribution in [2.75, 3.05) is 6.61 Å². The summed E-state index contributed by atoms with van der Waals surface area (Å²) in [5.74, 6) is -0.0123. The Morgan fingerprint density at radius 3 is 2.53 bits per heavy atom. The van der Waals surface area contributed by atoms with Gasteiger partial charge in [0.2, 0.25) is 11.8 Å². The smallest absolute Gasteiger partial charge is 0.246 e. The first-order chi connectivity index (χ1) is 15.2. The molecule has 2 aromatic carbocycles. The highest BCUT2D eigenvalue weighted by Crippen LogP contribution is 2.44. The topological polar surface area (TPSA) is 71.5 Å². The Bertz CT molecular complexity index is 1180. The Morgan fingerprint density at radius 2 is 1.88 bits per heavy atom. The molecule has 0 bridgehead atoms. The highest BCUT2D eigenvalue weighted by molar-refractivity contribution is 6.36. The SMILES string of the molecule is Cc1ccc(-c2cc3c(nc2-c2ccc(Cl)cc2Cl)OC(C)(C)CC3NC(=O)CO)cc1. The molecule has 0 radical (unpaired) electrons. The van der Waals surface area contributed by atoms with Gasteiger partial charge in [-0.1, -0.05) is 53.0 Å². The molecule has 166 valence electrons. The Labute approximate surface area is 197 Å². The molecule has 2 heterocycles. The molecule has 0 saturated carbocycles. The Hall–Kier alpha value is -2.60. The van der Waals surface area contributed by atoms with Crippen LogP contribution in [0.15, 0.2) is 48.5 Å². The molecule has 0 spiro atoms. The van der Waals surface area contributed by atoms with Crippen molar-refractivity contribution >= 4 is 29.1 Å². The molecule has 1 unspecified atom stereocenters. The van der Waals surface area contributed by atoms with Gasteiger partial charge in [0.05, 0.1) is 16.8 Å². The van der Waals surface area contributed by atoms with Gasteiger partial charge in [-0.05, 0) is 50.6 Å². The quantitative estimate of drug-likeness (QED) is 0.509.